The van der Waals surface area contributed by atoms with Gasteiger partial charge in [0.2, 0.25) is 0 Å². The molecule has 0 unspecified atom stereocenters. The number of aromatic nitrogens is 5. The maximum atomic E-state index is 5.03. The molecule has 0 amide bonds. The van der Waals surface area contributed by atoms with Gasteiger partial charge in [-0.3, -0.25) is 0 Å². The first-order chi connectivity index (χ1) is 25.8. The van der Waals surface area contributed by atoms with Gasteiger partial charge in [0.1, 0.15) is 0 Å². The van der Waals surface area contributed by atoms with Gasteiger partial charge in [0, 0.05) is 49.3 Å². The van der Waals surface area contributed by atoms with Crippen LogP contribution >= 0.6 is 0 Å². The summed E-state index contributed by atoms with van der Waals surface area (Å²) in [4.78, 5) is 15.0. The summed E-state index contributed by atoms with van der Waals surface area (Å²) in [6.07, 6.45) is 0. The summed E-state index contributed by atoms with van der Waals surface area (Å²) in [5.41, 5.74) is 9.81. The van der Waals surface area contributed by atoms with Crippen molar-refractivity contribution in [3.8, 4) is 39.9 Å². The summed E-state index contributed by atoms with van der Waals surface area (Å²) < 4.78 is 4.82. The molecule has 242 valence electrons. The summed E-state index contributed by atoms with van der Waals surface area (Å²) in [5.74, 6) is 1.93. The summed E-state index contributed by atoms with van der Waals surface area (Å²) in [6.45, 7) is 0. The molecule has 11 rings (SSSR count). The first-order valence-corrected chi connectivity index (χ1v) is 17.5. The van der Waals surface area contributed by atoms with Crippen molar-refractivity contribution in [2.75, 3.05) is 0 Å². The molecule has 0 aliphatic rings. The lowest BCUT2D eigenvalue weighted by Gasteiger charge is -2.12. The van der Waals surface area contributed by atoms with Crippen LogP contribution in [0.15, 0.2) is 176 Å². The molecule has 11 aromatic rings. The number of hydrogen-bond acceptors (Lipinski definition) is 3. The van der Waals surface area contributed by atoms with Crippen molar-refractivity contribution in [3.05, 3.63) is 176 Å². The van der Waals surface area contributed by atoms with Crippen LogP contribution in [-0.2, 0) is 0 Å². The first kappa shape index (κ1) is 28.7. The normalized spacial score (nSPS) is 11.8. The zero-order valence-electron chi connectivity index (χ0n) is 28.0. The lowest BCUT2D eigenvalue weighted by molar-refractivity contribution is 1.07. The molecular weight excluding hydrogens is 635 g/mol. The topological polar surface area (TPSA) is 48.0 Å². The summed E-state index contributed by atoms with van der Waals surface area (Å²) in [6, 6.07) is 62.0. The van der Waals surface area contributed by atoms with Gasteiger partial charge in [-0.1, -0.05) is 133 Å². The second kappa shape index (κ2) is 11.2. The average Bonchev–Trinajstić information content (AvgIpc) is 3.78. The summed E-state index contributed by atoms with van der Waals surface area (Å²) >= 11 is 0. The van der Waals surface area contributed by atoms with Crippen molar-refractivity contribution < 1.29 is 0 Å². The number of nitrogens with zero attached hydrogens (tertiary/aromatic N) is 5. The molecule has 0 bridgehead atoms. The molecular formula is C47H29N5. The summed E-state index contributed by atoms with van der Waals surface area (Å²) in [5, 5.41) is 7.48. The third-order valence-electron chi connectivity index (χ3n) is 10.3. The quantitative estimate of drug-likeness (QED) is 0.176. The molecule has 0 N–H and O–H groups in total. The largest absolute Gasteiger partial charge is 0.309 e. The van der Waals surface area contributed by atoms with Crippen molar-refractivity contribution in [2.45, 2.75) is 0 Å². The van der Waals surface area contributed by atoms with Crippen LogP contribution in [0.4, 0.5) is 0 Å². The highest BCUT2D eigenvalue weighted by atomic mass is 15.0. The van der Waals surface area contributed by atoms with Gasteiger partial charge in [0.15, 0.2) is 17.5 Å². The molecule has 4 aromatic heterocycles. The second-order valence-corrected chi connectivity index (χ2v) is 13.3. The van der Waals surface area contributed by atoms with E-state index in [9.17, 15) is 0 Å². The van der Waals surface area contributed by atoms with Crippen molar-refractivity contribution in [1.82, 2.24) is 23.9 Å². The van der Waals surface area contributed by atoms with Crippen LogP contribution in [0.2, 0.25) is 0 Å². The van der Waals surface area contributed by atoms with Crippen LogP contribution in [0.3, 0.4) is 0 Å². The SMILES string of the molecule is c1ccc(-c2nc(-c3ccccc3)nc(-c3cccc(-n4c5ccccc5c5c6cc7c8ccccc8c8ccccc8n7c6ccc54)c3)n2)cc1. The van der Waals surface area contributed by atoms with Crippen LogP contribution in [0.25, 0.3) is 99.8 Å². The van der Waals surface area contributed by atoms with Gasteiger partial charge in [-0.05, 0) is 47.9 Å². The van der Waals surface area contributed by atoms with Gasteiger partial charge < -0.3 is 8.97 Å². The maximum Gasteiger partial charge on any atom is 0.164 e. The molecule has 0 radical (unpaired) electrons. The Balaban J connectivity index is 1.16. The monoisotopic (exact) mass is 663 g/mol. The van der Waals surface area contributed by atoms with Gasteiger partial charge in [0.25, 0.3) is 0 Å². The Bertz CT molecular complexity index is 3120. The van der Waals surface area contributed by atoms with E-state index in [-0.39, 0.29) is 0 Å². The highest BCUT2D eigenvalue weighted by molar-refractivity contribution is 6.24. The van der Waals surface area contributed by atoms with E-state index in [0.717, 1.165) is 33.4 Å². The standard InChI is InChI=1S/C47H29N5/c1-3-14-30(15-4-1)45-48-46(31-16-5-2-6-17-31)50-47(49-45)32-18-13-19-33(28-32)51-40-25-12-10-23-37(40)44-38-29-43-36-22-8-7-20-34(36)35-21-9-11-24-39(35)52(43)41(38)26-27-42(44)51/h1-29H. The average molecular weight is 664 g/mol. The van der Waals surface area contributed by atoms with Crippen molar-refractivity contribution >= 4 is 59.9 Å². The zero-order valence-corrected chi connectivity index (χ0v) is 28.0. The number of hydrogen-bond donors (Lipinski definition) is 0. The minimum absolute atomic E-state index is 0.634. The minimum Gasteiger partial charge on any atom is -0.309 e. The Kier molecular flexibility index (Phi) is 6.18. The van der Waals surface area contributed by atoms with Crippen LogP contribution in [0.1, 0.15) is 0 Å². The Morgan fingerprint density at radius 1 is 0.308 bits per heavy atom. The summed E-state index contributed by atoms with van der Waals surface area (Å²) in [7, 11) is 0. The van der Waals surface area contributed by atoms with Crippen LogP contribution < -0.4 is 0 Å². The molecule has 0 atom stereocenters. The number of benzene rings is 7. The highest BCUT2D eigenvalue weighted by Crippen LogP contribution is 2.41. The molecule has 5 heteroatoms. The first-order valence-electron chi connectivity index (χ1n) is 17.5. The number of fused-ring (bicyclic) bond motifs is 12. The number of para-hydroxylation sites is 2. The fourth-order valence-electron chi connectivity index (χ4n) is 8.04. The van der Waals surface area contributed by atoms with Gasteiger partial charge in [-0.2, -0.15) is 0 Å². The highest BCUT2D eigenvalue weighted by Gasteiger charge is 2.20. The van der Waals surface area contributed by atoms with E-state index in [0.29, 0.717) is 17.5 Å². The maximum absolute atomic E-state index is 5.03. The molecule has 4 heterocycles. The van der Waals surface area contributed by atoms with E-state index in [1.807, 2.05) is 60.7 Å². The second-order valence-electron chi connectivity index (χ2n) is 13.3. The smallest absolute Gasteiger partial charge is 0.164 e. The van der Waals surface area contributed by atoms with Crippen molar-refractivity contribution in [2.24, 2.45) is 0 Å². The molecule has 0 fully saturated rings. The molecule has 0 aliphatic carbocycles. The zero-order chi connectivity index (χ0) is 34.2. The van der Waals surface area contributed by atoms with Gasteiger partial charge in [-0.25, -0.2) is 15.0 Å². The molecule has 52 heavy (non-hydrogen) atoms. The lowest BCUT2D eigenvalue weighted by Crippen LogP contribution is -2.01. The Hall–Kier alpha value is -7.11. The minimum atomic E-state index is 0.634. The lowest BCUT2D eigenvalue weighted by atomic mass is 10.0. The van der Waals surface area contributed by atoms with Crippen LogP contribution in [0, 0.1) is 0 Å². The molecule has 0 saturated heterocycles. The van der Waals surface area contributed by atoms with Gasteiger partial charge in [-0.15, -0.1) is 0 Å². The van der Waals surface area contributed by atoms with Gasteiger partial charge in [0.05, 0.1) is 27.6 Å². The molecule has 0 aliphatic heterocycles. The van der Waals surface area contributed by atoms with Crippen molar-refractivity contribution in [3.63, 3.8) is 0 Å². The van der Waals surface area contributed by atoms with E-state index in [4.69, 9.17) is 15.0 Å². The van der Waals surface area contributed by atoms with Crippen molar-refractivity contribution in [1.29, 1.82) is 0 Å². The van der Waals surface area contributed by atoms with Crippen LogP contribution in [0.5, 0.6) is 0 Å². The molecule has 7 aromatic carbocycles. The predicted molar refractivity (Wildman–Crippen MR) is 214 cm³/mol. The Labute approximate surface area is 298 Å². The molecule has 0 spiro atoms. The predicted octanol–water partition coefficient (Wildman–Crippen LogP) is 11.7. The molecule has 0 saturated carbocycles. The number of rotatable bonds is 4. The fraction of sp³-hybridized carbons (Fsp3) is 0. The van der Waals surface area contributed by atoms with E-state index in [1.54, 1.807) is 0 Å². The fourth-order valence-corrected chi connectivity index (χ4v) is 8.04. The Morgan fingerprint density at radius 3 is 1.50 bits per heavy atom. The van der Waals surface area contributed by atoms with Crippen LogP contribution in [-0.4, -0.2) is 23.9 Å². The van der Waals surface area contributed by atoms with E-state index < -0.39 is 0 Å². The van der Waals surface area contributed by atoms with E-state index >= 15 is 0 Å². The Morgan fingerprint density at radius 2 is 0.808 bits per heavy atom. The van der Waals surface area contributed by atoms with E-state index in [1.165, 1.54) is 48.9 Å². The number of pyridine rings is 1. The molecule has 5 nitrogen and oxygen atoms in total. The third kappa shape index (κ3) is 4.26. The van der Waals surface area contributed by atoms with E-state index in [2.05, 4.69) is 124 Å². The third-order valence-corrected chi connectivity index (χ3v) is 10.3. The van der Waals surface area contributed by atoms with Gasteiger partial charge >= 0.3 is 0 Å².